The molecule has 0 radical (unpaired) electrons. The van der Waals surface area contributed by atoms with E-state index in [4.69, 9.17) is 21.1 Å². The number of hydrogen-bond acceptors (Lipinski definition) is 7. The number of halogens is 1. The second-order valence-electron chi connectivity index (χ2n) is 5.52. The minimum absolute atomic E-state index is 0.0413. The van der Waals surface area contributed by atoms with Crippen LogP contribution in [0, 0.1) is 0 Å². The molecule has 0 saturated heterocycles. The van der Waals surface area contributed by atoms with E-state index in [0.717, 1.165) is 0 Å². The number of esters is 1. The Kier molecular flexibility index (Phi) is 7.81. The Bertz CT molecular complexity index is 859. The smallest absolute Gasteiger partial charge is 0.338 e. The number of anilines is 1. The number of nitrogens with zero attached hydrogens (tertiary/aromatic N) is 2. The summed E-state index contributed by atoms with van der Waals surface area (Å²) in [5.74, 6) is -0.157. The summed E-state index contributed by atoms with van der Waals surface area (Å²) >= 11 is 5.70. The molecule has 1 heterocycles. The molecule has 0 spiro atoms. The summed E-state index contributed by atoms with van der Waals surface area (Å²) in [6.07, 6.45) is 3.83. The fraction of sp³-hybridized carbons (Fsp3) is 0.353. The Balaban J connectivity index is 1.74. The zero-order valence-electron chi connectivity index (χ0n) is 14.7. The summed E-state index contributed by atoms with van der Waals surface area (Å²) in [6, 6.07) is 6.05. The Hall–Kier alpha value is -2.39. The quantitative estimate of drug-likeness (QED) is 0.471. The number of aromatic nitrogens is 2. The maximum atomic E-state index is 12.0. The monoisotopic (exact) mass is 413 g/mol. The number of hydrogen-bond donors (Lipinski definition) is 1. The Morgan fingerprint density at radius 2 is 1.93 bits per heavy atom. The van der Waals surface area contributed by atoms with Gasteiger partial charge >= 0.3 is 5.97 Å². The lowest BCUT2D eigenvalue weighted by molar-refractivity contribution is 0.0485. The third kappa shape index (κ3) is 7.40. The SMILES string of the molecule is CCCS(=O)(=O)Nc1ccc(C(=O)OCCCOc2cncc(Cl)n2)cc1. The van der Waals surface area contributed by atoms with Crippen molar-refractivity contribution in [1.82, 2.24) is 9.97 Å². The topological polar surface area (TPSA) is 107 Å². The first kappa shape index (κ1) is 20.9. The van der Waals surface area contributed by atoms with Gasteiger partial charge in [-0.15, -0.1) is 0 Å². The Morgan fingerprint density at radius 3 is 2.59 bits per heavy atom. The molecule has 1 aromatic heterocycles. The predicted molar refractivity (Wildman–Crippen MR) is 102 cm³/mol. The number of carbonyl (C=O) groups excluding carboxylic acids is 1. The van der Waals surface area contributed by atoms with Crippen molar-refractivity contribution in [2.45, 2.75) is 19.8 Å². The summed E-state index contributed by atoms with van der Waals surface area (Å²) < 4.78 is 36.4. The van der Waals surface area contributed by atoms with Crippen LogP contribution in [0.5, 0.6) is 5.88 Å². The van der Waals surface area contributed by atoms with Crippen LogP contribution in [0.4, 0.5) is 5.69 Å². The van der Waals surface area contributed by atoms with Gasteiger partial charge in [0.1, 0.15) is 0 Å². The highest BCUT2D eigenvalue weighted by molar-refractivity contribution is 7.92. The molecule has 146 valence electrons. The van der Waals surface area contributed by atoms with Crippen LogP contribution < -0.4 is 9.46 Å². The zero-order valence-corrected chi connectivity index (χ0v) is 16.3. The number of nitrogens with one attached hydrogen (secondary N) is 1. The van der Waals surface area contributed by atoms with Crippen molar-refractivity contribution in [3.63, 3.8) is 0 Å². The van der Waals surface area contributed by atoms with Gasteiger partial charge in [-0.25, -0.2) is 13.2 Å². The predicted octanol–water partition coefficient (Wildman–Crippen LogP) is 2.91. The maximum Gasteiger partial charge on any atom is 0.338 e. The molecule has 0 fully saturated rings. The molecule has 1 aromatic carbocycles. The molecule has 0 aliphatic carbocycles. The molecule has 0 saturated carbocycles. The molecule has 1 N–H and O–H groups in total. The third-order valence-corrected chi connectivity index (χ3v) is 4.90. The molecule has 0 bridgehead atoms. The van der Waals surface area contributed by atoms with Crippen molar-refractivity contribution >= 4 is 33.3 Å². The second-order valence-corrected chi connectivity index (χ2v) is 7.75. The molecule has 2 rings (SSSR count). The number of rotatable bonds is 10. The fourth-order valence-corrected chi connectivity index (χ4v) is 3.33. The molecule has 27 heavy (non-hydrogen) atoms. The largest absolute Gasteiger partial charge is 0.476 e. The third-order valence-electron chi connectivity index (χ3n) is 3.22. The van der Waals surface area contributed by atoms with Gasteiger partial charge in [-0.3, -0.25) is 9.71 Å². The maximum absolute atomic E-state index is 12.0. The molecule has 0 atom stereocenters. The molecule has 0 aliphatic rings. The van der Waals surface area contributed by atoms with Gasteiger partial charge in [0.15, 0.2) is 5.15 Å². The molecule has 2 aromatic rings. The van der Waals surface area contributed by atoms with Gasteiger partial charge in [-0.2, -0.15) is 4.98 Å². The molecular weight excluding hydrogens is 394 g/mol. The average molecular weight is 414 g/mol. The highest BCUT2D eigenvalue weighted by Gasteiger charge is 2.11. The summed E-state index contributed by atoms with van der Waals surface area (Å²) in [7, 11) is -3.36. The van der Waals surface area contributed by atoms with Gasteiger partial charge < -0.3 is 9.47 Å². The molecular formula is C17H20ClN3O5S. The minimum atomic E-state index is -3.36. The van der Waals surface area contributed by atoms with E-state index < -0.39 is 16.0 Å². The van der Waals surface area contributed by atoms with E-state index in [1.165, 1.54) is 36.7 Å². The lowest BCUT2D eigenvalue weighted by Crippen LogP contribution is -2.16. The minimum Gasteiger partial charge on any atom is -0.476 e. The summed E-state index contributed by atoms with van der Waals surface area (Å²) in [5, 5.41) is 0.236. The van der Waals surface area contributed by atoms with Crippen molar-refractivity contribution in [3.05, 3.63) is 47.4 Å². The van der Waals surface area contributed by atoms with Crippen LogP contribution in [0.1, 0.15) is 30.1 Å². The molecule has 0 aliphatic heterocycles. The van der Waals surface area contributed by atoms with E-state index in [-0.39, 0.29) is 17.5 Å². The van der Waals surface area contributed by atoms with Crippen LogP contribution in [-0.4, -0.2) is 43.3 Å². The fourth-order valence-electron chi connectivity index (χ4n) is 2.05. The number of sulfonamides is 1. The van der Waals surface area contributed by atoms with Crippen LogP contribution in [0.2, 0.25) is 5.15 Å². The van der Waals surface area contributed by atoms with Crippen molar-refractivity contribution < 1.29 is 22.7 Å². The standard InChI is InChI=1S/C17H20ClN3O5S/c1-2-10-27(23,24)21-14-6-4-13(5-7-14)17(22)26-9-3-8-25-16-12-19-11-15(18)20-16/h4-7,11-12,21H,2-3,8-10H2,1H3. The first-order valence-electron chi connectivity index (χ1n) is 8.27. The van der Waals surface area contributed by atoms with Crippen LogP contribution in [-0.2, 0) is 14.8 Å². The highest BCUT2D eigenvalue weighted by Crippen LogP contribution is 2.13. The average Bonchev–Trinajstić information content (AvgIpc) is 2.61. The summed E-state index contributed by atoms with van der Waals surface area (Å²) in [6.45, 7) is 2.24. The number of ether oxygens (including phenoxy) is 2. The summed E-state index contributed by atoms with van der Waals surface area (Å²) in [5.41, 5.74) is 0.728. The van der Waals surface area contributed by atoms with E-state index in [2.05, 4.69) is 14.7 Å². The zero-order chi connectivity index (χ0) is 19.7. The molecule has 0 amide bonds. The number of carbonyl (C=O) groups is 1. The van der Waals surface area contributed by atoms with E-state index in [1.807, 2.05) is 0 Å². The van der Waals surface area contributed by atoms with Gasteiger partial charge in [0.05, 0.1) is 36.9 Å². The van der Waals surface area contributed by atoms with E-state index in [0.29, 0.717) is 36.6 Å². The second kappa shape index (κ2) is 10.1. The summed E-state index contributed by atoms with van der Waals surface area (Å²) in [4.78, 5) is 19.7. The van der Waals surface area contributed by atoms with Crippen LogP contribution in [0.15, 0.2) is 36.7 Å². The first-order valence-corrected chi connectivity index (χ1v) is 10.3. The normalized spacial score (nSPS) is 11.0. The van der Waals surface area contributed by atoms with Gasteiger partial charge in [-0.05, 0) is 30.7 Å². The Labute approximate surface area is 162 Å². The molecule has 0 unspecified atom stereocenters. The van der Waals surface area contributed by atoms with E-state index in [1.54, 1.807) is 6.92 Å². The van der Waals surface area contributed by atoms with E-state index >= 15 is 0 Å². The molecule has 8 nitrogen and oxygen atoms in total. The van der Waals surface area contributed by atoms with Gasteiger partial charge in [0, 0.05) is 12.1 Å². The van der Waals surface area contributed by atoms with Crippen molar-refractivity contribution in [2.75, 3.05) is 23.7 Å². The van der Waals surface area contributed by atoms with E-state index in [9.17, 15) is 13.2 Å². The molecule has 10 heteroatoms. The van der Waals surface area contributed by atoms with Crippen LogP contribution in [0.3, 0.4) is 0 Å². The Morgan fingerprint density at radius 1 is 1.19 bits per heavy atom. The first-order chi connectivity index (χ1) is 12.9. The van der Waals surface area contributed by atoms with Crippen LogP contribution >= 0.6 is 11.6 Å². The lowest BCUT2D eigenvalue weighted by atomic mass is 10.2. The number of benzene rings is 1. The van der Waals surface area contributed by atoms with Crippen molar-refractivity contribution in [1.29, 1.82) is 0 Å². The van der Waals surface area contributed by atoms with Crippen LogP contribution in [0.25, 0.3) is 0 Å². The lowest BCUT2D eigenvalue weighted by Gasteiger charge is -2.08. The van der Waals surface area contributed by atoms with Crippen molar-refractivity contribution in [3.8, 4) is 5.88 Å². The van der Waals surface area contributed by atoms with Gasteiger partial charge in [-0.1, -0.05) is 18.5 Å². The highest BCUT2D eigenvalue weighted by atomic mass is 35.5. The van der Waals surface area contributed by atoms with Gasteiger partial charge in [0.2, 0.25) is 15.9 Å². The van der Waals surface area contributed by atoms with Gasteiger partial charge in [0.25, 0.3) is 0 Å². The van der Waals surface area contributed by atoms with Crippen molar-refractivity contribution in [2.24, 2.45) is 0 Å².